The molecule has 1 aliphatic rings. The monoisotopic (exact) mass is 415 g/mol. The van der Waals surface area contributed by atoms with E-state index >= 15 is 0 Å². The van der Waals surface area contributed by atoms with Crippen molar-refractivity contribution in [3.63, 3.8) is 0 Å². The van der Waals surface area contributed by atoms with Crippen LogP contribution in [0.25, 0.3) is 0 Å². The van der Waals surface area contributed by atoms with Crippen molar-refractivity contribution >= 4 is 17.6 Å². The second-order valence-electron chi connectivity index (χ2n) is 7.30. The molecular weight excluding hydrogens is 386 g/mol. The van der Waals surface area contributed by atoms with Crippen molar-refractivity contribution in [1.82, 2.24) is 10.6 Å². The Balaban J connectivity index is 1.72. The van der Waals surface area contributed by atoms with Gasteiger partial charge in [-0.2, -0.15) is 0 Å². The highest BCUT2D eigenvalue weighted by molar-refractivity contribution is 6.30. The Morgan fingerprint density at radius 1 is 1.14 bits per heavy atom. The average molecular weight is 416 g/mol. The summed E-state index contributed by atoms with van der Waals surface area (Å²) in [6, 6.07) is 16.2. The molecule has 0 aromatic heterocycles. The number of hydrogen-bond donors (Lipinski definition) is 2. The third kappa shape index (κ3) is 5.87. The Kier molecular flexibility index (Phi) is 7.78. The molecule has 1 saturated heterocycles. The van der Waals surface area contributed by atoms with Crippen molar-refractivity contribution < 1.29 is 9.47 Å². The molecular formula is C23H30ClN3O2. The summed E-state index contributed by atoms with van der Waals surface area (Å²) in [6.07, 6.45) is 1.91. The molecule has 2 aromatic carbocycles. The van der Waals surface area contributed by atoms with E-state index in [4.69, 9.17) is 26.1 Å². The number of guanidine groups is 1. The van der Waals surface area contributed by atoms with Gasteiger partial charge in [0.2, 0.25) is 0 Å². The molecule has 29 heavy (non-hydrogen) atoms. The van der Waals surface area contributed by atoms with Crippen molar-refractivity contribution in [2.75, 3.05) is 33.4 Å². The molecule has 0 saturated carbocycles. The van der Waals surface area contributed by atoms with Gasteiger partial charge >= 0.3 is 0 Å². The minimum Gasteiger partial charge on any atom is -0.497 e. The Hall–Kier alpha value is -2.24. The van der Waals surface area contributed by atoms with Crippen LogP contribution in [0.2, 0.25) is 5.02 Å². The van der Waals surface area contributed by atoms with Gasteiger partial charge in [0, 0.05) is 36.7 Å². The summed E-state index contributed by atoms with van der Waals surface area (Å²) in [5, 5.41) is 7.68. The van der Waals surface area contributed by atoms with Crippen molar-refractivity contribution in [3.05, 3.63) is 64.7 Å². The largest absolute Gasteiger partial charge is 0.497 e. The first-order valence-electron chi connectivity index (χ1n) is 10.1. The van der Waals surface area contributed by atoms with Crippen LogP contribution in [0.4, 0.5) is 0 Å². The molecule has 2 N–H and O–H groups in total. The van der Waals surface area contributed by atoms with Gasteiger partial charge in [-0.3, -0.25) is 0 Å². The van der Waals surface area contributed by atoms with E-state index in [0.29, 0.717) is 6.54 Å². The quantitative estimate of drug-likeness (QED) is 0.526. The average Bonchev–Trinajstić information content (AvgIpc) is 2.76. The summed E-state index contributed by atoms with van der Waals surface area (Å²) >= 11 is 6.28. The molecule has 3 rings (SSSR count). The molecule has 0 unspecified atom stereocenters. The molecule has 6 heteroatoms. The van der Waals surface area contributed by atoms with E-state index in [-0.39, 0.29) is 5.41 Å². The summed E-state index contributed by atoms with van der Waals surface area (Å²) in [5.74, 6) is 1.67. The Morgan fingerprint density at radius 3 is 2.55 bits per heavy atom. The summed E-state index contributed by atoms with van der Waals surface area (Å²) in [4.78, 5) is 4.76. The van der Waals surface area contributed by atoms with E-state index in [1.54, 1.807) is 7.11 Å². The van der Waals surface area contributed by atoms with Crippen LogP contribution < -0.4 is 15.4 Å². The fraction of sp³-hybridized carbons (Fsp3) is 0.435. The molecule has 1 heterocycles. The van der Waals surface area contributed by atoms with Crippen molar-refractivity contribution in [2.45, 2.75) is 31.7 Å². The zero-order valence-corrected chi connectivity index (χ0v) is 18.0. The van der Waals surface area contributed by atoms with Gasteiger partial charge in [0.25, 0.3) is 0 Å². The van der Waals surface area contributed by atoms with Crippen LogP contribution in [0.5, 0.6) is 5.75 Å². The number of nitrogens with zero attached hydrogens (tertiary/aromatic N) is 1. The molecule has 0 atom stereocenters. The second-order valence-corrected chi connectivity index (χ2v) is 7.74. The zero-order valence-electron chi connectivity index (χ0n) is 17.2. The van der Waals surface area contributed by atoms with Crippen LogP contribution in [0, 0.1) is 0 Å². The summed E-state index contributed by atoms with van der Waals surface area (Å²) in [7, 11) is 1.67. The van der Waals surface area contributed by atoms with Gasteiger partial charge in [0.15, 0.2) is 5.96 Å². The Labute approximate surface area is 178 Å². The van der Waals surface area contributed by atoms with Gasteiger partial charge in [-0.15, -0.1) is 0 Å². The topological polar surface area (TPSA) is 54.9 Å². The smallest absolute Gasteiger partial charge is 0.191 e. The van der Waals surface area contributed by atoms with Crippen LogP contribution in [0.1, 0.15) is 30.9 Å². The Bertz CT molecular complexity index is 802. The standard InChI is InChI=1S/C23H30ClN3O2/c1-3-25-22(26-16-18-7-9-21(28-2)10-8-18)27-17-23(11-13-29-14-12-23)19-5-4-6-20(24)15-19/h4-10,15H,3,11-14,16-17H2,1-2H3,(H2,25,26,27). The lowest BCUT2D eigenvalue weighted by Gasteiger charge is -2.38. The fourth-order valence-electron chi connectivity index (χ4n) is 3.64. The van der Waals surface area contributed by atoms with Gasteiger partial charge in [-0.1, -0.05) is 35.9 Å². The summed E-state index contributed by atoms with van der Waals surface area (Å²) < 4.78 is 10.9. The van der Waals surface area contributed by atoms with E-state index in [2.05, 4.69) is 29.7 Å². The lowest BCUT2D eigenvalue weighted by molar-refractivity contribution is 0.0514. The van der Waals surface area contributed by atoms with Gasteiger partial charge < -0.3 is 20.1 Å². The maximum absolute atomic E-state index is 6.28. The molecule has 1 fully saturated rings. The second kappa shape index (κ2) is 10.5. The number of aliphatic imine (C=N–C) groups is 1. The van der Waals surface area contributed by atoms with Gasteiger partial charge in [-0.05, 0) is 55.2 Å². The Morgan fingerprint density at radius 2 is 1.90 bits per heavy atom. The number of methoxy groups -OCH3 is 1. The van der Waals surface area contributed by atoms with Crippen LogP contribution in [0.15, 0.2) is 53.5 Å². The first kappa shape index (κ1) is 21.5. The third-order valence-corrected chi connectivity index (χ3v) is 5.64. The maximum atomic E-state index is 6.28. The van der Waals surface area contributed by atoms with E-state index in [0.717, 1.165) is 61.4 Å². The molecule has 2 aromatic rings. The number of halogens is 1. The van der Waals surface area contributed by atoms with Crippen molar-refractivity contribution in [2.24, 2.45) is 4.99 Å². The van der Waals surface area contributed by atoms with Gasteiger partial charge in [0.1, 0.15) is 5.75 Å². The molecule has 0 bridgehead atoms. The van der Waals surface area contributed by atoms with Crippen LogP contribution >= 0.6 is 11.6 Å². The molecule has 5 nitrogen and oxygen atoms in total. The predicted octanol–water partition coefficient (Wildman–Crippen LogP) is 4.15. The minimum absolute atomic E-state index is 0.0144. The van der Waals surface area contributed by atoms with Crippen LogP contribution in [0.3, 0.4) is 0 Å². The molecule has 0 amide bonds. The molecule has 1 aliphatic heterocycles. The zero-order chi connectivity index (χ0) is 20.5. The summed E-state index contributed by atoms with van der Waals surface area (Å²) in [5.41, 5.74) is 2.38. The SMILES string of the molecule is CCNC(=NCc1ccc(OC)cc1)NCC1(c2cccc(Cl)c2)CCOCC1. The number of nitrogens with one attached hydrogen (secondary N) is 2. The van der Waals surface area contributed by atoms with Gasteiger partial charge in [0.05, 0.1) is 13.7 Å². The summed E-state index contributed by atoms with van der Waals surface area (Å²) in [6.45, 7) is 5.78. The van der Waals surface area contributed by atoms with Crippen molar-refractivity contribution in [1.29, 1.82) is 0 Å². The molecule has 0 radical (unpaired) electrons. The number of ether oxygens (including phenoxy) is 2. The number of benzene rings is 2. The van der Waals surface area contributed by atoms with E-state index < -0.39 is 0 Å². The normalized spacial score (nSPS) is 16.3. The highest BCUT2D eigenvalue weighted by Crippen LogP contribution is 2.35. The number of hydrogen-bond acceptors (Lipinski definition) is 3. The van der Waals surface area contributed by atoms with E-state index in [1.807, 2.05) is 36.4 Å². The van der Waals surface area contributed by atoms with Gasteiger partial charge in [-0.25, -0.2) is 4.99 Å². The maximum Gasteiger partial charge on any atom is 0.191 e. The fourth-order valence-corrected chi connectivity index (χ4v) is 3.83. The molecule has 156 valence electrons. The highest BCUT2D eigenvalue weighted by Gasteiger charge is 2.34. The first-order chi connectivity index (χ1) is 14.1. The highest BCUT2D eigenvalue weighted by atomic mass is 35.5. The van der Waals surface area contributed by atoms with Crippen molar-refractivity contribution in [3.8, 4) is 5.75 Å². The van der Waals surface area contributed by atoms with E-state index in [9.17, 15) is 0 Å². The van der Waals surface area contributed by atoms with Crippen LogP contribution in [-0.2, 0) is 16.7 Å². The molecule has 0 spiro atoms. The van der Waals surface area contributed by atoms with Crippen LogP contribution in [-0.4, -0.2) is 39.4 Å². The lowest BCUT2D eigenvalue weighted by Crippen LogP contribution is -2.48. The molecule has 0 aliphatic carbocycles. The lowest BCUT2D eigenvalue weighted by atomic mass is 9.74. The number of rotatable bonds is 7. The predicted molar refractivity (Wildman–Crippen MR) is 119 cm³/mol. The minimum atomic E-state index is -0.0144. The van der Waals surface area contributed by atoms with E-state index in [1.165, 1.54) is 5.56 Å². The third-order valence-electron chi connectivity index (χ3n) is 5.40. The first-order valence-corrected chi connectivity index (χ1v) is 10.5.